The molecule has 1 saturated heterocycles. The summed E-state index contributed by atoms with van der Waals surface area (Å²) in [5.74, 6) is 0.316. The summed E-state index contributed by atoms with van der Waals surface area (Å²) in [5, 5.41) is 3.05. The van der Waals surface area contributed by atoms with Gasteiger partial charge in [-0.2, -0.15) is 4.31 Å². The van der Waals surface area contributed by atoms with Crippen molar-refractivity contribution < 1.29 is 17.9 Å². The summed E-state index contributed by atoms with van der Waals surface area (Å²) >= 11 is 0. The molecule has 1 amide bonds. The number of rotatable bonds is 7. The molecule has 3 aromatic rings. The number of hydrogen-bond donors (Lipinski definition) is 1. The van der Waals surface area contributed by atoms with Crippen LogP contribution in [0.15, 0.2) is 89.8 Å². The third kappa shape index (κ3) is 5.18. The van der Waals surface area contributed by atoms with Crippen molar-refractivity contribution in [1.29, 1.82) is 0 Å². The Bertz CT molecular complexity index is 1140. The highest BCUT2D eigenvalue weighted by Gasteiger charge is 2.30. The fraction of sp³-hybridized carbons (Fsp3) is 0.240. The average molecular weight is 451 g/mol. The lowest BCUT2D eigenvalue weighted by atomic mass is 10.1. The summed E-state index contributed by atoms with van der Waals surface area (Å²) in [6, 6.07) is 25.3. The number of ether oxygens (including phenoxy) is 1. The zero-order chi connectivity index (χ0) is 22.4. The van der Waals surface area contributed by atoms with E-state index < -0.39 is 10.0 Å². The third-order valence-electron chi connectivity index (χ3n) is 5.54. The third-order valence-corrected chi connectivity index (χ3v) is 7.45. The van der Waals surface area contributed by atoms with Gasteiger partial charge in [0.25, 0.3) is 5.91 Å². The molecular formula is C25H26N2O4S. The van der Waals surface area contributed by atoms with Crippen LogP contribution in [0.5, 0.6) is 5.75 Å². The molecule has 4 rings (SSSR count). The molecule has 6 nitrogen and oxygen atoms in total. The Balaban J connectivity index is 1.35. The highest BCUT2D eigenvalue weighted by atomic mass is 32.2. The first kappa shape index (κ1) is 22.0. The summed E-state index contributed by atoms with van der Waals surface area (Å²) in [4.78, 5) is 13.2. The fourth-order valence-electron chi connectivity index (χ4n) is 3.76. The van der Waals surface area contributed by atoms with Crippen LogP contribution in [0, 0.1) is 0 Å². The molecular weight excluding hydrogens is 424 g/mol. The van der Waals surface area contributed by atoms with E-state index in [4.69, 9.17) is 4.74 Å². The van der Waals surface area contributed by atoms with E-state index in [-0.39, 0.29) is 11.9 Å². The lowest BCUT2D eigenvalue weighted by Gasteiger charge is -2.31. The van der Waals surface area contributed by atoms with E-state index in [0.717, 1.165) is 5.56 Å². The maximum Gasteiger partial charge on any atom is 0.255 e. The van der Waals surface area contributed by atoms with Gasteiger partial charge in [0.05, 0.1) is 10.5 Å². The lowest BCUT2D eigenvalue weighted by Crippen LogP contribution is -2.46. The van der Waals surface area contributed by atoms with Gasteiger partial charge in [0.1, 0.15) is 12.4 Å². The van der Waals surface area contributed by atoms with Crippen molar-refractivity contribution >= 4 is 15.9 Å². The molecule has 0 bridgehead atoms. The van der Waals surface area contributed by atoms with Crippen LogP contribution in [-0.4, -0.2) is 37.8 Å². The highest BCUT2D eigenvalue weighted by molar-refractivity contribution is 7.89. The molecule has 1 N–H and O–H groups in total. The Labute approximate surface area is 188 Å². The van der Waals surface area contributed by atoms with Crippen molar-refractivity contribution in [2.75, 3.05) is 13.1 Å². The molecule has 166 valence electrons. The second-order valence-corrected chi connectivity index (χ2v) is 9.67. The maximum atomic E-state index is 12.9. The summed E-state index contributed by atoms with van der Waals surface area (Å²) < 4.78 is 33.0. The van der Waals surface area contributed by atoms with Crippen molar-refractivity contribution in [1.82, 2.24) is 9.62 Å². The van der Waals surface area contributed by atoms with Crippen molar-refractivity contribution in [3.8, 4) is 5.75 Å². The van der Waals surface area contributed by atoms with Crippen LogP contribution in [0.25, 0.3) is 0 Å². The average Bonchev–Trinajstić information content (AvgIpc) is 2.84. The lowest BCUT2D eigenvalue weighted by molar-refractivity contribution is 0.0919. The number of carbonyl (C=O) groups excluding carboxylic acids is 1. The van der Waals surface area contributed by atoms with Crippen LogP contribution >= 0.6 is 0 Å². The minimum absolute atomic E-state index is 0.0908. The Morgan fingerprint density at radius 3 is 2.16 bits per heavy atom. The van der Waals surface area contributed by atoms with Gasteiger partial charge in [-0.15, -0.1) is 0 Å². The molecule has 1 fully saturated rings. The summed E-state index contributed by atoms with van der Waals surface area (Å²) in [6.45, 7) is 1.11. The minimum Gasteiger partial charge on any atom is -0.488 e. The number of para-hydroxylation sites is 1. The van der Waals surface area contributed by atoms with Gasteiger partial charge in [0.2, 0.25) is 10.0 Å². The first-order chi connectivity index (χ1) is 15.5. The molecule has 0 aliphatic carbocycles. The molecule has 1 heterocycles. The van der Waals surface area contributed by atoms with Crippen molar-refractivity contribution in [3.05, 3.63) is 96.1 Å². The second-order valence-electron chi connectivity index (χ2n) is 7.74. The van der Waals surface area contributed by atoms with Gasteiger partial charge in [0.15, 0.2) is 0 Å². The van der Waals surface area contributed by atoms with E-state index in [1.807, 2.05) is 36.4 Å². The van der Waals surface area contributed by atoms with Gasteiger partial charge >= 0.3 is 0 Å². The van der Waals surface area contributed by atoms with Crippen LogP contribution in [-0.2, 0) is 16.6 Å². The van der Waals surface area contributed by atoms with Crippen molar-refractivity contribution in [2.24, 2.45) is 0 Å². The van der Waals surface area contributed by atoms with Crippen LogP contribution in [0.2, 0.25) is 0 Å². The first-order valence-electron chi connectivity index (χ1n) is 10.7. The van der Waals surface area contributed by atoms with Gasteiger partial charge in [-0.05, 0) is 42.7 Å². The molecule has 0 saturated carbocycles. The quantitative estimate of drug-likeness (QED) is 0.593. The topological polar surface area (TPSA) is 75.7 Å². The number of nitrogens with one attached hydrogen (secondary N) is 1. The zero-order valence-electron chi connectivity index (χ0n) is 17.7. The maximum absolute atomic E-state index is 12.9. The largest absolute Gasteiger partial charge is 0.488 e. The molecule has 0 radical (unpaired) electrons. The van der Waals surface area contributed by atoms with Gasteiger partial charge < -0.3 is 10.1 Å². The van der Waals surface area contributed by atoms with E-state index in [1.54, 1.807) is 48.5 Å². The minimum atomic E-state index is -3.51. The molecule has 0 atom stereocenters. The number of hydrogen-bond acceptors (Lipinski definition) is 4. The predicted octanol–water partition coefficient (Wildman–Crippen LogP) is 3.85. The number of benzene rings is 3. The number of piperidine rings is 1. The van der Waals surface area contributed by atoms with Crippen LogP contribution < -0.4 is 10.1 Å². The molecule has 1 aliphatic heterocycles. The number of nitrogens with zero attached hydrogens (tertiary/aromatic N) is 1. The Morgan fingerprint density at radius 1 is 0.875 bits per heavy atom. The molecule has 3 aromatic carbocycles. The predicted molar refractivity (Wildman–Crippen MR) is 123 cm³/mol. The number of amides is 1. The molecule has 1 aliphatic rings. The number of sulfonamides is 1. The van der Waals surface area contributed by atoms with Crippen LogP contribution in [0.3, 0.4) is 0 Å². The fourth-order valence-corrected chi connectivity index (χ4v) is 5.25. The van der Waals surface area contributed by atoms with E-state index in [9.17, 15) is 13.2 Å². The van der Waals surface area contributed by atoms with E-state index in [0.29, 0.717) is 48.7 Å². The summed E-state index contributed by atoms with van der Waals surface area (Å²) in [5.41, 5.74) is 1.50. The summed E-state index contributed by atoms with van der Waals surface area (Å²) in [6.07, 6.45) is 1.12. The molecule has 7 heteroatoms. The monoisotopic (exact) mass is 450 g/mol. The van der Waals surface area contributed by atoms with Gasteiger partial charge in [-0.1, -0.05) is 60.7 Å². The smallest absolute Gasteiger partial charge is 0.255 e. The molecule has 0 aromatic heterocycles. The van der Waals surface area contributed by atoms with Gasteiger partial charge in [0, 0.05) is 19.1 Å². The summed E-state index contributed by atoms with van der Waals surface area (Å²) in [7, 11) is -3.51. The normalized spacial score (nSPS) is 15.2. The van der Waals surface area contributed by atoms with E-state index >= 15 is 0 Å². The van der Waals surface area contributed by atoms with E-state index in [2.05, 4.69) is 5.32 Å². The number of carbonyl (C=O) groups is 1. The van der Waals surface area contributed by atoms with Gasteiger partial charge in [-0.25, -0.2) is 8.42 Å². The Morgan fingerprint density at radius 2 is 1.47 bits per heavy atom. The van der Waals surface area contributed by atoms with Crippen molar-refractivity contribution in [2.45, 2.75) is 30.4 Å². The Kier molecular flexibility index (Phi) is 6.87. The Hall–Kier alpha value is -3.16. The highest BCUT2D eigenvalue weighted by Crippen LogP contribution is 2.23. The van der Waals surface area contributed by atoms with E-state index in [1.165, 1.54) is 4.31 Å². The van der Waals surface area contributed by atoms with Crippen molar-refractivity contribution in [3.63, 3.8) is 0 Å². The standard InChI is InChI=1S/C25H26N2O4S/c28-25(23-13-7-8-14-24(23)31-19-20-9-3-1-4-10-20)26-21-15-17-27(18-16-21)32(29,30)22-11-5-2-6-12-22/h1-14,21H,15-19H2,(H,26,28). The first-order valence-corrected chi connectivity index (χ1v) is 12.1. The van der Waals surface area contributed by atoms with Crippen LogP contribution in [0.4, 0.5) is 0 Å². The molecule has 32 heavy (non-hydrogen) atoms. The molecule has 0 spiro atoms. The SMILES string of the molecule is O=C(NC1CCN(S(=O)(=O)c2ccccc2)CC1)c1ccccc1OCc1ccccc1. The second kappa shape index (κ2) is 9.97. The zero-order valence-corrected chi connectivity index (χ0v) is 18.5. The van der Waals surface area contributed by atoms with Crippen LogP contribution in [0.1, 0.15) is 28.8 Å². The molecule has 0 unspecified atom stereocenters. The van der Waals surface area contributed by atoms with Gasteiger partial charge in [-0.3, -0.25) is 4.79 Å².